The maximum Gasteiger partial charge on any atom is 0.330 e. The average Bonchev–Trinajstić information content (AvgIpc) is 2.39. The van der Waals surface area contributed by atoms with Gasteiger partial charge in [-0.1, -0.05) is 45.4 Å². The SMILES string of the molecule is C=CC(=O)OCC(CCC)CCCC/C=C/CC. The Morgan fingerprint density at radius 1 is 1.22 bits per heavy atom. The van der Waals surface area contributed by atoms with Crippen LogP contribution in [0.3, 0.4) is 0 Å². The van der Waals surface area contributed by atoms with Crippen LogP contribution in [0.5, 0.6) is 0 Å². The molecule has 0 rings (SSSR count). The summed E-state index contributed by atoms with van der Waals surface area (Å²) in [4.78, 5) is 11.0. The first-order valence-electron chi connectivity index (χ1n) is 7.18. The van der Waals surface area contributed by atoms with Crippen LogP contribution < -0.4 is 0 Å². The first kappa shape index (κ1) is 16.9. The molecule has 0 N–H and O–H groups in total. The predicted octanol–water partition coefficient (Wildman–Crippen LogP) is 4.66. The summed E-state index contributed by atoms with van der Waals surface area (Å²) in [5.41, 5.74) is 0. The highest BCUT2D eigenvalue weighted by Crippen LogP contribution is 2.16. The monoisotopic (exact) mass is 252 g/mol. The van der Waals surface area contributed by atoms with Crippen LogP contribution in [0.15, 0.2) is 24.8 Å². The van der Waals surface area contributed by atoms with Gasteiger partial charge in [0.15, 0.2) is 0 Å². The smallest absolute Gasteiger partial charge is 0.330 e. The third kappa shape index (κ3) is 10.1. The molecule has 0 spiro atoms. The molecule has 0 amide bonds. The molecule has 1 atom stereocenters. The van der Waals surface area contributed by atoms with Crippen molar-refractivity contribution in [3.8, 4) is 0 Å². The van der Waals surface area contributed by atoms with Crippen LogP contribution in [0.1, 0.15) is 58.8 Å². The van der Waals surface area contributed by atoms with Gasteiger partial charge in [-0.25, -0.2) is 4.79 Å². The van der Waals surface area contributed by atoms with E-state index in [1.165, 1.54) is 25.3 Å². The molecule has 0 fully saturated rings. The predicted molar refractivity (Wildman–Crippen MR) is 77.5 cm³/mol. The molecule has 0 bridgehead atoms. The highest BCUT2D eigenvalue weighted by Gasteiger charge is 2.09. The number of carbonyl (C=O) groups excluding carboxylic acids is 1. The van der Waals surface area contributed by atoms with Crippen molar-refractivity contribution in [2.75, 3.05) is 6.61 Å². The fraction of sp³-hybridized carbons (Fsp3) is 0.688. The molecular weight excluding hydrogens is 224 g/mol. The van der Waals surface area contributed by atoms with Crippen LogP contribution in [0.2, 0.25) is 0 Å². The van der Waals surface area contributed by atoms with E-state index in [1.807, 2.05) is 0 Å². The number of carbonyl (C=O) groups is 1. The molecule has 0 aromatic rings. The van der Waals surface area contributed by atoms with Crippen molar-refractivity contribution >= 4 is 5.97 Å². The molecule has 2 heteroatoms. The molecule has 0 saturated heterocycles. The maximum absolute atomic E-state index is 11.0. The van der Waals surface area contributed by atoms with Crippen LogP contribution in [-0.2, 0) is 9.53 Å². The van der Waals surface area contributed by atoms with Crippen LogP contribution in [0.4, 0.5) is 0 Å². The molecule has 0 aliphatic carbocycles. The molecule has 0 aliphatic rings. The third-order valence-electron chi connectivity index (χ3n) is 2.96. The van der Waals surface area contributed by atoms with Crippen molar-refractivity contribution in [3.63, 3.8) is 0 Å². The number of esters is 1. The first-order chi connectivity index (χ1) is 8.74. The molecular formula is C16H28O2. The van der Waals surface area contributed by atoms with Gasteiger partial charge in [0, 0.05) is 6.08 Å². The molecule has 0 saturated carbocycles. The minimum absolute atomic E-state index is 0.304. The lowest BCUT2D eigenvalue weighted by atomic mass is 9.97. The second kappa shape index (κ2) is 12.4. The molecule has 104 valence electrons. The van der Waals surface area contributed by atoms with Crippen molar-refractivity contribution < 1.29 is 9.53 Å². The molecule has 0 aromatic carbocycles. The normalized spacial score (nSPS) is 12.6. The maximum atomic E-state index is 11.0. The van der Waals surface area contributed by atoms with Gasteiger partial charge in [-0.05, 0) is 38.0 Å². The Morgan fingerprint density at radius 3 is 2.61 bits per heavy atom. The summed E-state index contributed by atoms with van der Waals surface area (Å²) in [5, 5.41) is 0. The lowest BCUT2D eigenvalue weighted by Crippen LogP contribution is -2.12. The topological polar surface area (TPSA) is 26.3 Å². The van der Waals surface area contributed by atoms with Gasteiger partial charge in [0.1, 0.15) is 0 Å². The van der Waals surface area contributed by atoms with E-state index >= 15 is 0 Å². The van der Waals surface area contributed by atoms with Gasteiger partial charge in [0.25, 0.3) is 0 Å². The fourth-order valence-electron chi connectivity index (χ4n) is 1.96. The fourth-order valence-corrected chi connectivity index (χ4v) is 1.96. The van der Waals surface area contributed by atoms with Crippen molar-refractivity contribution in [1.29, 1.82) is 0 Å². The Hall–Kier alpha value is -1.05. The molecule has 2 nitrogen and oxygen atoms in total. The molecule has 0 aromatic heterocycles. The zero-order valence-corrected chi connectivity index (χ0v) is 12.0. The van der Waals surface area contributed by atoms with E-state index in [4.69, 9.17) is 4.74 Å². The lowest BCUT2D eigenvalue weighted by molar-refractivity contribution is -0.139. The van der Waals surface area contributed by atoms with E-state index in [0.29, 0.717) is 12.5 Å². The first-order valence-corrected chi connectivity index (χ1v) is 7.18. The standard InChI is InChI=1S/C16H28O2/c1-4-7-8-9-10-11-13-15(12-5-2)14-18-16(17)6-3/h6-8,15H,3-5,9-14H2,1-2H3/b8-7+. The largest absolute Gasteiger partial charge is 0.462 e. The zero-order valence-electron chi connectivity index (χ0n) is 12.0. The van der Waals surface area contributed by atoms with Crippen molar-refractivity contribution in [1.82, 2.24) is 0 Å². The molecule has 0 aliphatic heterocycles. The third-order valence-corrected chi connectivity index (χ3v) is 2.96. The lowest BCUT2D eigenvalue weighted by Gasteiger charge is -2.15. The van der Waals surface area contributed by atoms with Crippen molar-refractivity contribution in [2.24, 2.45) is 5.92 Å². The van der Waals surface area contributed by atoms with Crippen LogP contribution in [0.25, 0.3) is 0 Å². The Labute approximate surface area is 112 Å². The number of unbranched alkanes of at least 4 members (excludes halogenated alkanes) is 2. The Kier molecular flexibility index (Phi) is 11.7. The second-order valence-electron chi connectivity index (χ2n) is 4.65. The van der Waals surface area contributed by atoms with Crippen LogP contribution >= 0.6 is 0 Å². The Morgan fingerprint density at radius 2 is 2.00 bits per heavy atom. The van der Waals surface area contributed by atoms with E-state index in [9.17, 15) is 4.79 Å². The van der Waals surface area contributed by atoms with Gasteiger partial charge in [-0.2, -0.15) is 0 Å². The van der Waals surface area contributed by atoms with Gasteiger partial charge in [-0.15, -0.1) is 0 Å². The number of hydrogen-bond acceptors (Lipinski definition) is 2. The minimum atomic E-state index is -0.304. The zero-order chi connectivity index (χ0) is 13.6. The Balaban J connectivity index is 3.71. The van der Waals surface area contributed by atoms with E-state index in [2.05, 4.69) is 32.6 Å². The van der Waals surface area contributed by atoms with Crippen molar-refractivity contribution in [2.45, 2.75) is 58.8 Å². The summed E-state index contributed by atoms with van der Waals surface area (Å²) in [6, 6.07) is 0. The second-order valence-corrected chi connectivity index (χ2v) is 4.65. The molecule has 0 radical (unpaired) electrons. The number of rotatable bonds is 11. The molecule has 1 unspecified atom stereocenters. The highest BCUT2D eigenvalue weighted by atomic mass is 16.5. The number of hydrogen-bond donors (Lipinski definition) is 0. The summed E-state index contributed by atoms with van der Waals surface area (Å²) in [7, 11) is 0. The van der Waals surface area contributed by atoms with E-state index in [1.54, 1.807) is 0 Å². The highest BCUT2D eigenvalue weighted by molar-refractivity contribution is 5.81. The van der Waals surface area contributed by atoms with Gasteiger partial charge in [0.2, 0.25) is 0 Å². The van der Waals surface area contributed by atoms with E-state index in [-0.39, 0.29) is 5.97 Å². The van der Waals surface area contributed by atoms with E-state index < -0.39 is 0 Å². The molecule has 18 heavy (non-hydrogen) atoms. The van der Waals surface area contributed by atoms with Crippen LogP contribution in [-0.4, -0.2) is 12.6 Å². The van der Waals surface area contributed by atoms with Crippen LogP contribution in [0, 0.1) is 5.92 Å². The summed E-state index contributed by atoms with van der Waals surface area (Å²) in [6.45, 7) is 8.28. The van der Waals surface area contributed by atoms with E-state index in [0.717, 1.165) is 25.7 Å². The van der Waals surface area contributed by atoms with Gasteiger partial charge in [0.05, 0.1) is 6.61 Å². The van der Waals surface area contributed by atoms with Gasteiger partial charge in [-0.3, -0.25) is 0 Å². The summed E-state index contributed by atoms with van der Waals surface area (Å²) >= 11 is 0. The van der Waals surface area contributed by atoms with Gasteiger partial charge < -0.3 is 4.74 Å². The Bertz CT molecular complexity index is 243. The molecule has 0 heterocycles. The summed E-state index contributed by atoms with van der Waals surface area (Å²) in [5.74, 6) is 0.205. The summed E-state index contributed by atoms with van der Waals surface area (Å²) in [6.07, 6.45) is 13.9. The summed E-state index contributed by atoms with van der Waals surface area (Å²) < 4.78 is 5.13. The minimum Gasteiger partial charge on any atom is -0.462 e. The van der Waals surface area contributed by atoms with Gasteiger partial charge >= 0.3 is 5.97 Å². The van der Waals surface area contributed by atoms with Crippen molar-refractivity contribution in [3.05, 3.63) is 24.8 Å². The average molecular weight is 252 g/mol. The number of ether oxygens (including phenoxy) is 1. The quantitative estimate of drug-likeness (QED) is 0.231. The number of allylic oxidation sites excluding steroid dienone is 2.